The van der Waals surface area contributed by atoms with Crippen LogP contribution in [-0.2, 0) is 6.42 Å². The molecule has 0 aliphatic heterocycles. The van der Waals surface area contributed by atoms with E-state index in [9.17, 15) is 8.78 Å². The maximum atomic E-state index is 13.7. The summed E-state index contributed by atoms with van der Waals surface area (Å²) in [6.07, 6.45) is 0.826. The Hall–Kier alpha value is -1.74. The van der Waals surface area contributed by atoms with Crippen LogP contribution in [0.3, 0.4) is 0 Å². The first-order chi connectivity index (χ1) is 8.63. The van der Waals surface area contributed by atoms with Gasteiger partial charge >= 0.3 is 0 Å². The number of hydrogen-bond donors (Lipinski definition) is 1. The molecule has 2 aromatic carbocycles. The highest BCUT2D eigenvalue weighted by Gasteiger charge is 2.16. The molecule has 0 fully saturated rings. The summed E-state index contributed by atoms with van der Waals surface area (Å²) in [6.45, 7) is 2.02. The Morgan fingerprint density at radius 3 is 2.44 bits per heavy atom. The first-order valence-corrected chi connectivity index (χ1v) is 5.91. The Morgan fingerprint density at radius 1 is 1.06 bits per heavy atom. The van der Waals surface area contributed by atoms with Gasteiger partial charge in [-0.25, -0.2) is 8.78 Å². The zero-order chi connectivity index (χ0) is 13.1. The molecule has 0 heterocycles. The molecule has 0 saturated heterocycles. The summed E-state index contributed by atoms with van der Waals surface area (Å²) in [5.74, 6) is -1.19. The minimum atomic E-state index is -0.603. The van der Waals surface area contributed by atoms with Crippen molar-refractivity contribution < 1.29 is 8.78 Å². The minimum Gasteiger partial charge on any atom is -0.320 e. The molecule has 1 atom stereocenters. The summed E-state index contributed by atoms with van der Waals surface area (Å²) in [6, 6.07) is 10.6. The fraction of sp³-hybridized carbons (Fsp3) is 0.200. The van der Waals surface area contributed by atoms with Crippen LogP contribution >= 0.6 is 0 Å². The standard InChI is InChI=1S/C15H15F2N/c1-2-10-5-3-4-6-12(10)15(18)13-8-7-11(16)9-14(13)17/h3-9,15H,2,18H2,1H3. The number of rotatable bonds is 3. The smallest absolute Gasteiger partial charge is 0.131 e. The molecule has 0 saturated carbocycles. The van der Waals surface area contributed by atoms with Gasteiger partial charge in [-0.2, -0.15) is 0 Å². The lowest BCUT2D eigenvalue weighted by Crippen LogP contribution is -2.15. The molecule has 2 N–H and O–H groups in total. The normalized spacial score (nSPS) is 12.4. The molecule has 0 aromatic heterocycles. The van der Waals surface area contributed by atoms with E-state index in [1.165, 1.54) is 12.1 Å². The number of nitrogens with two attached hydrogens (primary N) is 1. The molecule has 0 bridgehead atoms. The predicted molar refractivity (Wildman–Crippen MR) is 68.2 cm³/mol. The van der Waals surface area contributed by atoms with Crippen molar-refractivity contribution in [1.82, 2.24) is 0 Å². The Balaban J connectivity index is 2.44. The van der Waals surface area contributed by atoms with Crippen LogP contribution < -0.4 is 5.73 Å². The van der Waals surface area contributed by atoms with Crippen LogP contribution in [0.4, 0.5) is 8.78 Å². The first kappa shape index (κ1) is 12.7. The Labute approximate surface area is 105 Å². The molecule has 2 aromatic rings. The van der Waals surface area contributed by atoms with Crippen LogP contribution in [0.5, 0.6) is 0 Å². The lowest BCUT2D eigenvalue weighted by molar-refractivity contribution is 0.565. The quantitative estimate of drug-likeness (QED) is 0.881. The van der Waals surface area contributed by atoms with Crippen molar-refractivity contribution in [3.63, 3.8) is 0 Å². The average molecular weight is 247 g/mol. The summed E-state index contributed by atoms with van der Waals surface area (Å²) in [5.41, 5.74) is 8.36. The van der Waals surface area contributed by atoms with E-state index in [1.807, 2.05) is 31.2 Å². The minimum absolute atomic E-state index is 0.317. The second-order valence-corrected chi connectivity index (χ2v) is 4.20. The van der Waals surface area contributed by atoms with Gasteiger partial charge in [-0.05, 0) is 23.6 Å². The lowest BCUT2D eigenvalue weighted by atomic mass is 9.94. The molecule has 3 heteroatoms. The second kappa shape index (κ2) is 5.27. The van der Waals surface area contributed by atoms with Crippen LogP contribution in [0.2, 0.25) is 0 Å². The van der Waals surface area contributed by atoms with Crippen molar-refractivity contribution in [1.29, 1.82) is 0 Å². The van der Waals surface area contributed by atoms with Crippen LogP contribution in [-0.4, -0.2) is 0 Å². The maximum absolute atomic E-state index is 13.7. The van der Waals surface area contributed by atoms with Crippen molar-refractivity contribution in [3.8, 4) is 0 Å². The third-order valence-electron chi connectivity index (χ3n) is 3.07. The average Bonchev–Trinajstić information content (AvgIpc) is 2.38. The van der Waals surface area contributed by atoms with E-state index in [0.29, 0.717) is 5.56 Å². The highest BCUT2D eigenvalue weighted by Crippen LogP contribution is 2.25. The van der Waals surface area contributed by atoms with E-state index < -0.39 is 17.7 Å². The molecule has 1 unspecified atom stereocenters. The highest BCUT2D eigenvalue weighted by atomic mass is 19.1. The zero-order valence-corrected chi connectivity index (χ0v) is 10.2. The van der Waals surface area contributed by atoms with Gasteiger partial charge in [-0.3, -0.25) is 0 Å². The predicted octanol–water partition coefficient (Wildman–Crippen LogP) is 3.58. The third-order valence-corrected chi connectivity index (χ3v) is 3.07. The van der Waals surface area contributed by atoms with Gasteiger partial charge in [0.15, 0.2) is 0 Å². The first-order valence-electron chi connectivity index (χ1n) is 5.91. The molecular formula is C15H15F2N. The molecule has 0 amide bonds. The number of halogens is 2. The topological polar surface area (TPSA) is 26.0 Å². The summed E-state index contributed by atoms with van der Waals surface area (Å²) in [4.78, 5) is 0. The molecule has 18 heavy (non-hydrogen) atoms. The monoisotopic (exact) mass is 247 g/mol. The van der Waals surface area contributed by atoms with Crippen molar-refractivity contribution in [2.75, 3.05) is 0 Å². The van der Waals surface area contributed by atoms with Gasteiger partial charge in [0.05, 0.1) is 6.04 Å². The Kier molecular flexibility index (Phi) is 3.72. The van der Waals surface area contributed by atoms with E-state index in [1.54, 1.807) is 0 Å². The van der Waals surface area contributed by atoms with Crippen molar-refractivity contribution in [3.05, 3.63) is 70.8 Å². The number of aryl methyl sites for hydroxylation is 1. The van der Waals surface area contributed by atoms with Gasteiger partial charge < -0.3 is 5.73 Å². The number of hydrogen-bond acceptors (Lipinski definition) is 1. The maximum Gasteiger partial charge on any atom is 0.131 e. The number of benzene rings is 2. The third kappa shape index (κ3) is 2.41. The van der Waals surface area contributed by atoms with E-state index in [4.69, 9.17) is 5.73 Å². The van der Waals surface area contributed by atoms with E-state index in [0.717, 1.165) is 23.6 Å². The van der Waals surface area contributed by atoms with E-state index >= 15 is 0 Å². The highest BCUT2D eigenvalue weighted by molar-refractivity contribution is 5.37. The van der Waals surface area contributed by atoms with Gasteiger partial charge in [0.25, 0.3) is 0 Å². The van der Waals surface area contributed by atoms with Crippen molar-refractivity contribution in [2.45, 2.75) is 19.4 Å². The van der Waals surface area contributed by atoms with Gasteiger partial charge in [0.1, 0.15) is 11.6 Å². The van der Waals surface area contributed by atoms with Gasteiger partial charge in [-0.15, -0.1) is 0 Å². The van der Waals surface area contributed by atoms with Gasteiger partial charge in [0.2, 0.25) is 0 Å². The lowest BCUT2D eigenvalue weighted by Gasteiger charge is -2.16. The zero-order valence-electron chi connectivity index (χ0n) is 10.2. The molecular weight excluding hydrogens is 232 g/mol. The van der Waals surface area contributed by atoms with Gasteiger partial charge in [0, 0.05) is 11.6 Å². The van der Waals surface area contributed by atoms with E-state index in [-0.39, 0.29) is 0 Å². The van der Waals surface area contributed by atoms with Crippen LogP contribution in [0.15, 0.2) is 42.5 Å². The Morgan fingerprint density at radius 2 is 1.78 bits per heavy atom. The molecule has 0 aliphatic carbocycles. The molecule has 0 spiro atoms. The summed E-state index contributed by atoms with van der Waals surface area (Å²) in [7, 11) is 0. The second-order valence-electron chi connectivity index (χ2n) is 4.20. The SMILES string of the molecule is CCc1ccccc1C(N)c1ccc(F)cc1F. The molecule has 1 nitrogen and oxygen atoms in total. The summed E-state index contributed by atoms with van der Waals surface area (Å²) < 4.78 is 26.6. The van der Waals surface area contributed by atoms with Crippen molar-refractivity contribution in [2.24, 2.45) is 5.73 Å². The molecule has 0 radical (unpaired) electrons. The summed E-state index contributed by atoms with van der Waals surface area (Å²) >= 11 is 0. The van der Waals surface area contributed by atoms with E-state index in [2.05, 4.69) is 0 Å². The molecule has 2 rings (SSSR count). The fourth-order valence-electron chi connectivity index (χ4n) is 2.08. The van der Waals surface area contributed by atoms with Crippen LogP contribution in [0.1, 0.15) is 29.7 Å². The summed E-state index contributed by atoms with van der Waals surface area (Å²) in [5, 5.41) is 0. The molecule has 94 valence electrons. The largest absolute Gasteiger partial charge is 0.320 e. The van der Waals surface area contributed by atoms with Gasteiger partial charge in [-0.1, -0.05) is 37.3 Å². The van der Waals surface area contributed by atoms with Crippen molar-refractivity contribution >= 4 is 0 Å². The Bertz CT molecular complexity index is 552. The molecule has 0 aliphatic rings. The fourth-order valence-corrected chi connectivity index (χ4v) is 2.08. The van der Waals surface area contributed by atoms with Crippen LogP contribution in [0.25, 0.3) is 0 Å². The van der Waals surface area contributed by atoms with Crippen LogP contribution in [0, 0.1) is 11.6 Å².